The summed E-state index contributed by atoms with van der Waals surface area (Å²) < 4.78 is 16.1. The van der Waals surface area contributed by atoms with Gasteiger partial charge in [0.25, 0.3) is 0 Å². The summed E-state index contributed by atoms with van der Waals surface area (Å²) in [4.78, 5) is 2.31. The number of fused-ring (bicyclic) bond motifs is 3. The first kappa shape index (κ1) is 17.2. The molecule has 0 saturated heterocycles. The van der Waals surface area contributed by atoms with Crippen molar-refractivity contribution < 1.29 is 4.39 Å². The smallest absolute Gasteiger partial charge is 0.123 e. The third kappa shape index (κ3) is 3.13. The lowest BCUT2D eigenvalue weighted by Gasteiger charge is -2.24. The molecule has 1 aromatic heterocycles. The number of benzene rings is 2. The molecule has 4 rings (SSSR count). The molecule has 0 radical (unpaired) electrons. The van der Waals surface area contributed by atoms with Crippen molar-refractivity contribution in [3.05, 3.63) is 71.2 Å². The topological polar surface area (TPSA) is 8.17 Å². The van der Waals surface area contributed by atoms with Gasteiger partial charge in [-0.15, -0.1) is 17.0 Å². The van der Waals surface area contributed by atoms with Gasteiger partial charge in [0, 0.05) is 42.7 Å². The van der Waals surface area contributed by atoms with Gasteiger partial charge in [-0.25, -0.2) is 4.39 Å². The molecule has 2 nitrogen and oxygen atoms in total. The van der Waals surface area contributed by atoms with Crippen LogP contribution in [-0.4, -0.2) is 23.1 Å². The molecule has 0 fully saturated rings. The Kier molecular flexibility index (Phi) is 5.07. The molecule has 2 heterocycles. The van der Waals surface area contributed by atoms with E-state index in [1.165, 1.54) is 22.3 Å². The van der Waals surface area contributed by atoms with Crippen LogP contribution in [0.3, 0.4) is 0 Å². The summed E-state index contributed by atoms with van der Waals surface area (Å²) in [6, 6.07) is 15.8. The van der Waals surface area contributed by atoms with Crippen molar-refractivity contribution in [1.82, 2.24) is 9.47 Å². The maximum absolute atomic E-state index is 13.7. The molecule has 0 atom stereocenters. The second-order valence-corrected chi connectivity index (χ2v) is 6.46. The molecule has 0 saturated carbocycles. The van der Waals surface area contributed by atoms with Crippen LogP contribution < -0.4 is 0 Å². The first-order valence-corrected chi connectivity index (χ1v) is 8.24. The molecule has 0 aliphatic carbocycles. The lowest BCUT2D eigenvalue weighted by molar-refractivity contribution is 0.309. The summed E-state index contributed by atoms with van der Waals surface area (Å²) in [6.07, 6.45) is 2.04. The fourth-order valence-corrected chi connectivity index (χ4v) is 3.70. The summed E-state index contributed by atoms with van der Waals surface area (Å²) >= 11 is 0. The second-order valence-electron chi connectivity index (χ2n) is 6.46. The van der Waals surface area contributed by atoms with Crippen LogP contribution in [0.2, 0.25) is 0 Å². The molecular weight excluding hydrogens is 367 g/mol. The van der Waals surface area contributed by atoms with Crippen LogP contribution in [0.25, 0.3) is 10.9 Å². The molecule has 0 amide bonds. The van der Waals surface area contributed by atoms with Gasteiger partial charge in [0.1, 0.15) is 5.82 Å². The van der Waals surface area contributed by atoms with Crippen LogP contribution in [0.5, 0.6) is 0 Å². The summed E-state index contributed by atoms with van der Waals surface area (Å²) in [5, 5.41) is 1.08. The van der Waals surface area contributed by atoms with Crippen molar-refractivity contribution in [3.8, 4) is 0 Å². The number of likely N-dealkylation sites (N-methyl/N-ethyl adjacent to an activating group) is 1. The van der Waals surface area contributed by atoms with Crippen LogP contribution >= 0.6 is 17.0 Å². The van der Waals surface area contributed by atoms with Gasteiger partial charge < -0.3 is 9.47 Å². The number of aromatic nitrogens is 1. The van der Waals surface area contributed by atoms with Crippen LogP contribution in [0.15, 0.2) is 48.5 Å². The number of hydrogen-bond acceptors (Lipinski definition) is 1. The van der Waals surface area contributed by atoms with Gasteiger partial charge in [-0.3, -0.25) is 0 Å². The summed E-state index contributed by atoms with van der Waals surface area (Å²) in [7, 11) is 2.13. The molecule has 2 aromatic carbocycles. The Labute approximate surface area is 152 Å². The highest BCUT2D eigenvalue weighted by Gasteiger charge is 2.22. The van der Waals surface area contributed by atoms with Crippen molar-refractivity contribution in [2.75, 3.05) is 13.6 Å². The predicted molar refractivity (Wildman–Crippen MR) is 102 cm³/mol. The average Bonchev–Trinajstić information content (AvgIpc) is 2.86. The van der Waals surface area contributed by atoms with E-state index in [0.717, 1.165) is 37.9 Å². The largest absolute Gasteiger partial charge is 0.344 e. The van der Waals surface area contributed by atoms with Gasteiger partial charge in [0.15, 0.2) is 0 Å². The Balaban J connectivity index is 0.00000169. The average molecular weight is 389 g/mol. The van der Waals surface area contributed by atoms with Gasteiger partial charge in [0.05, 0.1) is 0 Å². The van der Waals surface area contributed by atoms with E-state index in [1.54, 1.807) is 12.1 Å². The number of rotatable bonds is 3. The zero-order valence-corrected chi connectivity index (χ0v) is 15.5. The third-order valence-corrected chi connectivity index (χ3v) is 4.87. The standard InChI is InChI=1S/C20H21FN2.BrH/c1-22-11-10-20-18(14-22)17-13-16(21)7-8-19(17)23(20)12-9-15-5-3-2-4-6-15;/h2-8,13H,9-12,14H2,1H3;1H. The molecule has 0 bridgehead atoms. The monoisotopic (exact) mass is 388 g/mol. The highest BCUT2D eigenvalue weighted by atomic mass is 79.9. The lowest BCUT2D eigenvalue weighted by Crippen LogP contribution is -2.27. The van der Waals surface area contributed by atoms with Crippen molar-refractivity contribution in [2.24, 2.45) is 0 Å². The molecule has 0 spiro atoms. The van der Waals surface area contributed by atoms with E-state index in [1.807, 2.05) is 6.07 Å². The van der Waals surface area contributed by atoms with Crippen molar-refractivity contribution in [2.45, 2.75) is 25.9 Å². The minimum atomic E-state index is -0.145. The highest BCUT2D eigenvalue weighted by Crippen LogP contribution is 2.31. The van der Waals surface area contributed by atoms with Crippen LogP contribution in [-0.2, 0) is 25.9 Å². The Bertz CT molecular complexity index is 842. The maximum Gasteiger partial charge on any atom is 0.123 e. The van der Waals surface area contributed by atoms with Crippen molar-refractivity contribution >= 4 is 27.9 Å². The van der Waals surface area contributed by atoms with Gasteiger partial charge in [-0.2, -0.15) is 0 Å². The summed E-state index contributed by atoms with van der Waals surface area (Å²) in [5.41, 5.74) is 5.21. The first-order chi connectivity index (χ1) is 11.2. The van der Waals surface area contributed by atoms with E-state index >= 15 is 0 Å². The van der Waals surface area contributed by atoms with Crippen molar-refractivity contribution in [1.29, 1.82) is 0 Å². The molecule has 1 aliphatic rings. The second kappa shape index (κ2) is 7.08. The lowest BCUT2D eigenvalue weighted by atomic mass is 10.0. The molecule has 0 unspecified atom stereocenters. The quantitative estimate of drug-likeness (QED) is 0.636. The number of halogens is 2. The van der Waals surface area contributed by atoms with E-state index in [2.05, 4.69) is 46.8 Å². The van der Waals surface area contributed by atoms with Gasteiger partial charge >= 0.3 is 0 Å². The normalized spacial score (nSPS) is 14.4. The minimum Gasteiger partial charge on any atom is -0.344 e. The Morgan fingerprint density at radius 2 is 1.88 bits per heavy atom. The molecule has 0 N–H and O–H groups in total. The molecule has 126 valence electrons. The maximum atomic E-state index is 13.7. The molecule has 24 heavy (non-hydrogen) atoms. The molecule has 3 aromatic rings. The molecule has 4 heteroatoms. The number of nitrogens with zero attached hydrogens (tertiary/aromatic N) is 2. The van der Waals surface area contributed by atoms with E-state index < -0.39 is 0 Å². The summed E-state index contributed by atoms with van der Waals surface area (Å²) in [6.45, 7) is 2.93. The summed E-state index contributed by atoms with van der Waals surface area (Å²) in [5.74, 6) is -0.145. The Hall–Kier alpha value is -1.65. The highest BCUT2D eigenvalue weighted by molar-refractivity contribution is 8.93. The molecule has 1 aliphatic heterocycles. The first-order valence-electron chi connectivity index (χ1n) is 8.24. The minimum absolute atomic E-state index is 0. The Morgan fingerprint density at radius 3 is 2.67 bits per heavy atom. The molecular formula is C20H22BrFN2. The van der Waals surface area contributed by atoms with Crippen LogP contribution in [0, 0.1) is 5.82 Å². The van der Waals surface area contributed by atoms with E-state index in [-0.39, 0.29) is 22.8 Å². The van der Waals surface area contributed by atoms with Crippen molar-refractivity contribution in [3.63, 3.8) is 0 Å². The van der Waals surface area contributed by atoms with Gasteiger partial charge in [-0.1, -0.05) is 30.3 Å². The Morgan fingerprint density at radius 1 is 1.08 bits per heavy atom. The zero-order valence-electron chi connectivity index (χ0n) is 13.8. The predicted octanol–water partition coefficient (Wildman–Crippen LogP) is 4.59. The van der Waals surface area contributed by atoms with Gasteiger partial charge in [0.2, 0.25) is 0 Å². The van der Waals surface area contributed by atoms with E-state index in [4.69, 9.17) is 0 Å². The van der Waals surface area contributed by atoms with E-state index in [0.29, 0.717) is 0 Å². The fraction of sp³-hybridized carbons (Fsp3) is 0.300. The number of aryl methyl sites for hydroxylation is 2. The fourth-order valence-electron chi connectivity index (χ4n) is 3.70. The SMILES string of the molecule is Br.CN1CCc2c(c3cc(F)ccc3n2CCc2ccccc2)C1. The number of hydrogen-bond donors (Lipinski definition) is 0. The van der Waals surface area contributed by atoms with Gasteiger partial charge in [-0.05, 0) is 42.8 Å². The van der Waals surface area contributed by atoms with Crippen LogP contribution in [0.4, 0.5) is 4.39 Å². The van der Waals surface area contributed by atoms with E-state index in [9.17, 15) is 4.39 Å². The zero-order chi connectivity index (χ0) is 15.8. The van der Waals surface area contributed by atoms with Crippen LogP contribution in [0.1, 0.15) is 16.8 Å². The third-order valence-electron chi connectivity index (χ3n) is 4.87.